The molecular formula is C21H19N3O5. The molecule has 0 aliphatic rings. The number of nitro groups is 1. The highest BCUT2D eigenvalue weighted by molar-refractivity contribution is 6.02. The van der Waals surface area contributed by atoms with E-state index in [4.69, 9.17) is 4.42 Å². The molecule has 0 saturated heterocycles. The van der Waals surface area contributed by atoms with Gasteiger partial charge in [0.05, 0.1) is 4.92 Å². The van der Waals surface area contributed by atoms with Crippen molar-refractivity contribution >= 4 is 28.9 Å². The molecule has 1 aromatic heterocycles. The van der Waals surface area contributed by atoms with Crippen LogP contribution in [-0.4, -0.2) is 16.7 Å². The molecule has 3 aromatic rings. The number of benzene rings is 2. The Morgan fingerprint density at radius 2 is 1.62 bits per heavy atom. The molecule has 0 saturated carbocycles. The fourth-order valence-electron chi connectivity index (χ4n) is 2.50. The van der Waals surface area contributed by atoms with Crippen LogP contribution in [0.3, 0.4) is 0 Å². The fourth-order valence-corrected chi connectivity index (χ4v) is 2.50. The van der Waals surface area contributed by atoms with Gasteiger partial charge >= 0.3 is 0 Å². The van der Waals surface area contributed by atoms with Gasteiger partial charge < -0.3 is 15.1 Å². The van der Waals surface area contributed by atoms with Gasteiger partial charge in [0.2, 0.25) is 5.91 Å². The molecule has 3 rings (SSSR count). The predicted octanol–water partition coefficient (Wildman–Crippen LogP) is 4.70. The quantitative estimate of drug-likeness (QED) is 0.465. The van der Waals surface area contributed by atoms with Crippen LogP contribution in [0, 0.1) is 16.0 Å². The molecule has 2 aromatic carbocycles. The van der Waals surface area contributed by atoms with Crippen molar-refractivity contribution in [2.45, 2.75) is 13.8 Å². The number of anilines is 2. The third-order valence-electron chi connectivity index (χ3n) is 4.11. The zero-order chi connectivity index (χ0) is 21.0. The number of nitrogens with zero attached hydrogens (tertiary/aromatic N) is 1. The van der Waals surface area contributed by atoms with E-state index in [0.717, 1.165) is 0 Å². The van der Waals surface area contributed by atoms with Gasteiger partial charge in [-0.05, 0) is 36.4 Å². The largest absolute Gasteiger partial charge is 0.451 e. The minimum Gasteiger partial charge on any atom is -0.451 e. The first-order valence-corrected chi connectivity index (χ1v) is 8.90. The number of furan rings is 1. The van der Waals surface area contributed by atoms with E-state index in [2.05, 4.69) is 10.6 Å². The summed E-state index contributed by atoms with van der Waals surface area (Å²) in [6.07, 6.45) is 0. The van der Waals surface area contributed by atoms with Gasteiger partial charge in [-0.2, -0.15) is 0 Å². The summed E-state index contributed by atoms with van der Waals surface area (Å²) in [5, 5.41) is 16.4. The van der Waals surface area contributed by atoms with E-state index >= 15 is 0 Å². The number of rotatable bonds is 6. The Bertz CT molecular complexity index is 1050. The first kappa shape index (κ1) is 19.8. The normalized spacial score (nSPS) is 10.6. The molecule has 0 aliphatic heterocycles. The lowest BCUT2D eigenvalue weighted by Crippen LogP contribution is -2.17. The van der Waals surface area contributed by atoms with E-state index in [-0.39, 0.29) is 23.3 Å². The van der Waals surface area contributed by atoms with Gasteiger partial charge in [0, 0.05) is 35.0 Å². The maximum Gasteiger partial charge on any atom is 0.291 e. The monoisotopic (exact) mass is 393 g/mol. The SMILES string of the molecule is CC(C)C(=O)Nc1ccc(NC(=O)c2ccc(-c3cccc([N+](=O)[O-])c3)o2)cc1. The predicted molar refractivity (Wildman–Crippen MR) is 109 cm³/mol. The lowest BCUT2D eigenvalue weighted by molar-refractivity contribution is -0.384. The summed E-state index contributed by atoms with van der Waals surface area (Å²) in [6.45, 7) is 3.60. The molecule has 8 nitrogen and oxygen atoms in total. The minimum absolute atomic E-state index is 0.0606. The summed E-state index contributed by atoms with van der Waals surface area (Å²) in [5.74, 6) is -0.255. The molecule has 29 heavy (non-hydrogen) atoms. The van der Waals surface area contributed by atoms with Gasteiger partial charge in [-0.1, -0.05) is 26.0 Å². The van der Waals surface area contributed by atoms with Gasteiger partial charge in [-0.15, -0.1) is 0 Å². The highest BCUT2D eigenvalue weighted by Crippen LogP contribution is 2.26. The van der Waals surface area contributed by atoms with E-state index < -0.39 is 10.8 Å². The number of amides is 2. The average molecular weight is 393 g/mol. The number of nitrogens with one attached hydrogen (secondary N) is 2. The smallest absolute Gasteiger partial charge is 0.291 e. The van der Waals surface area contributed by atoms with Crippen molar-refractivity contribution in [3.05, 3.63) is 76.5 Å². The number of carbonyl (C=O) groups excluding carboxylic acids is 2. The highest BCUT2D eigenvalue weighted by atomic mass is 16.6. The van der Waals surface area contributed by atoms with Crippen molar-refractivity contribution in [3.8, 4) is 11.3 Å². The molecule has 2 amide bonds. The third kappa shape index (κ3) is 4.86. The van der Waals surface area contributed by atoms with Gasteiger partial charge in [-0.3, -0.25) is 19.7 Å². The summed E-state index contributed by atoms with van der Waals surface area (Å²) in [7, 11) is 0. The number of hydrogen-bond donors (Lipinski definition) is 2. The highest BCUT2D eigenvalue weighted by Gasteiger charge is 2.15. The fraction of sp³-hybridized carbons (Fsp3) is 0.143. The third-order valence-corrected chi connectivity index (χ3v) is 4.11. The number of non-ortho nitro benzene ring substituents is 1. The minimum atomic E-state index is -0.493. The molecule has 0 unspecified atom stereocenters. The second kappa shape index (κ2) is 8.39. The summed E-state index contributed by atoms with van der Waals surface area (Å²) in [5.41, 5.74) is 1.61. The van der Waals surface area contributed by atoms with Gasteiger partial charge in [0.1, 0.15) is 5.76 Å². The summed E-state index contributed by atoms with van der Waals surface area (Å²) in [4.78, 5) is 34.5. The first-order chi connectivity index (χ1) is 13.8. The van der Waals surface area contributed by atoms with Gasteiger partial charge in [-0.25, -0.2) is 0 Å². The maximum atomic E-state index is 12.4. The number of hydrogen-bond acceptors (Lipinski definition) is 5. The lowest BCUT2D eigenvalue weighted by Gasteiger charge is -2.09. The van der Waals surface area contributed by atoms with Crippen molar-refractivity contribution in [2.24, 2.45) is 5.92 Å². The zero-order valence-electron chi connectivity index (χ0n) is 15.8. The van der Waals surface area contributed by atoms with Crippen molar-refractivity contribution in [3.63, 3.8) is 0 Å². The number of carbonyl (C=O) groups is 2. The van der Waals surface area contributed by atoms with Crippen molar-refractivity contribution in [1.29, 1.82) is 0 Å². The molecule has 0 bridgehead atoms. The summed E-state index contributed by atoms with van der Waals surface area (Å²) < 4.78 is 5.55. The second-order valence-electron chi connectivity index (χ2n) is 6.65. The van der Waals surface area contributed by atoms with Crippen LogP contribution in [-0.2, 0) is 4.79 Å². The molecule has 0 fully saturated rings. The Hall–Kier alpha value is -3.94. The molecule has 2 N–H and O–H groups in total. The van der Waals surface area contributed by atoms with Crippen LogP contribution in [0.25, 0.3) is 11.3 Å². The van der Waals surface area contributed by atoms with E-state index in [1.54, 1.807) is 56.3 Å². The molecule has 148 valence electrons. The summed E-state index contributed by atoms with van der Waals surface area (Å²) >= 11 is 0. The Kier molecular flexibility index (Phi) is 5.73. The Labute approximate surface area is 166 Å². The van der Waals surface area contributed by atoms with Crippen molar-refractivity contribution in [1.82, 2.24) is 0 Å². The van der Waals surface area contributed by atoms with Crippen LogP contribution in [0.5, 0.6) is 0 Å². The topological polar surface area (TPSA) is 114 Å². The molecular weight excluding hydrogens is 374 g/mol. The average Bonchev–Trinajstić information content (AvgIpc) is 3.20. The Morgan fingerprint density at radius 3 is 2.24 bits per heavy atom. The van der Waals surface area contributed by atoms with E-state index in [9.17, 15) is 19.7 Å². The second-order valence-corrected chi connectivity index (χ2v) is 6.65. The molecule has 8 heteroatoms. The lowest BCUT2D eigenvalue weighted by atomic mass is 10.1. The summed E-state index contributed by atoms with van der Waals surface area (Å²) in [6, 6.07) is 15.8. The molecule has 0 radical (unpaired) electrons. The van der Waals surface area contributed by atoms with E-state index in [1.807, 2.05) is 0 Å². The van der Waals surface area contributed by atoms with E-state index in [0.29, 0.717) is 22.7 Å². The standard InChI is InChI=1S/C21H19N3O5/c1-13(2)20(25)22-15-6-8-16(9-7-15)23-21(26)19-11-10-18(29-19)14-4-3-5-17(12-14)24(27)28/h3-13H,1-2H3,(H,22,25)(H,23,26). The van der Waals surface area contributed by atoms with Crippen LogP contribution in [0.4, 0.5) is 17.1 Å². The maximum absolute atomic E-state index is 12.4. The Morgan fingerprint density at radius 1 is 0.966 bits per heavy atom. The number of nitro benzene ring substituents is 1. The van der Waals surface area contributed by atoms with Crippen molar-refractivity contribution < 1.29 is 18.9 Å². The van der Waals surface area contributed by atoms with E-state index in [1.165, 1.54) is 18.2 Å². The molecule has 1 heterocycles. The molecule has 0 aliphatic carbocycles. The molecule has 0 spiro atoms. The zero-order valence-corrected chi connectivity index (χ0v) is 15.8. The first-order valence-electron chi connectivity index (χ1n) is 8.90. The molecule has 0 atom stereocenters. The van der Waals surface area contributed by atoms with Gasteiger partial charge in [0.25, 0.3) is 11.6 Å². The van der Waals surface area contributed by atoms with Crippen LogP contribution < -0.4 is 10.6 Å². The van der Waals surface area contributed by atoms with Gasteiger partial charge in [0.15, 0.2) is 5.76 Å². The van der Waals surface area contributed by atoms with Crippen LogP contribution in [0.15, 0.2) is 65.1 Å². The van der Waals surface area contributed by atoms with Crippen molar-refractivity contribution in [2.75, 3.05) is 10.6 Å². The van der Waals surface area contributed by atoms with Crippen LogP contribution >= 0.6 is 0 Å². The Balaban J connectivity index is 1.68. The van der Waals surface area contributed by atoms with Crippen LogP contribution in [0.1, 0.15) is 24.4 Å². The van der Waals surface area contributed by atoms with Crippen LogP contribution in [0.2, 0.25) is 0 Å².